The summed E-state index contributed by atoms with van der Waals surface area (Å²) in [5.74, 6) is -1.60. The van der Waals surface area contributed by atoms with Crippen LogP contribution in [0.4, 0.5) is 0 Å². The van der Waals surface area contributed by atoms with Gasteiger partial charge in [0, 0.05) is 0 Å². The minimum absolute atomic E-state index is 0.143. The van der Waals surface area contributed by atoms with E-state index in [9.17, 15) is 30.0 Å². The first-order valence-electron chi connectivity index (χ1n) is 16.1. The number of carboxylic acids is 1. The minimum atomic E-state index is -1.42. The number of epoxide rings is 2. The molecule has 0 radical (unpaired) electrons. The number of aliphatic hydroxyl groups excluding tert-OH is 3. The average molecular weight is 619 g/mol. The van der Waals surface area contributed by atoms with E-state index in [4.69, 9.17) is 33.2 Å². The Bertz CT molecular complexity index is 873. The fourth-order valence-electron chi connectivity index (χ4n) is 5.74. The molecule has 0 aromatic heterocycles. The van der Waals surface area contributed by atoms with Gasteiger partial charge >= 0.3 is 11.9 Å². The summed E-state index contributed by atoms with van der Waals surface area (Å²) in [4.78, 5) is 24.5. The van der Waals surface area contributed by atoms with Crippen molar-refractivity contribution in [1.29, 1.82) is 0 Å². The lowest BCUT2D eigenvalue weighted by Crippen LogP contribution is -2.57. The van der Waals surface area contributed by atoms with Crippen LogP contribution in [-0.2, 0) is 42.7 Å². The first-order valence-corrected chi connectivity index (χ1v) is 16.1. The van der Waals surface area contributed by atoms with Crippen LogP contribution in [-0.4, -0.2) is 106 Å². The van der Waals surface area contributed by atoms with Crippen molar-refractivity contribution in [2.45, 2.75) is 178 Å². The number of hydrogen-bond acceptors (Lipinski definition) is 12. The van der Waals surface area contributed by atoms with Gasteiger partial charge in [0.1, 0.15) is 42.7 Å². The molecule has 4 heterocycles. The molecule has 0 aromatic rings. The lowest BCUT2D eigenvalue weighted by Gasteiger charge is -2.38. The van der Waals surface area contributed by atoms with Gasteiger partial charge in [0.25, 0.3) is 0 Å². The Morgan fingerprint density at radius 3 is 1.84 bits per heavy atom. The number of aliphatic hydroxyl groups is 3. The summed E-state index contributed by atoms with van der Waals surface area (Å²) in [6, 6.07) is 0. The van der Waals surface area contributed by atoms with E-state index in [0.29, 0.717) is 12.8 Å². The third-order valence-corrected chi connectivity index (χ3v) is 8.38. The van der Waals surface area contributed by atoms with Crippen LogP contribution in [0.2, 0.25) is 0 Å². The predicted molar refractivity (Wildman–Crippen MR) is 148 cm³/mol. The van der Waals surface area contributed by atoms with Crippen LogP contribution in [0.1, 0.15) is 104 Å². The molecule has 7 unspecified atom stereocenters. The third-order valence-electron chi connectivity index (χ3n) is 8.38. The molecule has 0 aromatic carbocycles. The molecule has 0 saturated carbocycles. The fourth-order valence-corrected chi connectivity index (χ4v) is 5.74. The van der Waals surface area contributed by atoms with Gasteiger partial charge < -0.3 is 53.6 Å². The Morgan fingerprint density at radius 1 is 0.674 bits per heavy atom. The second kappa shape index (κ2) is 16.8. The van der Waals surface area contributed by atoms with Gasteiger partial charge in [-0.15, -0.1) is 0 Å². The van der Waals surface area contributed by atoms with Crippen LogP contribution < -0.4 is 0 Å². The fraction of sp³-hybridized carbons (Fsp3) is 0.933. The number of aliphatic carboxylic acids is 1. The van der Waals surface area contributed by atoms with E-state index in [2.05, 4.69) is 13.8 Å². The van der Waals surface area contributed by atoms with Crippen LogP contribution in [0.15, 0.2) is 0 Å². The first-order chi connectivity index (χ1) is 20.7. The second-order valence-corrected chi connectivity index (χ2v) is 12.1. The zero-order valence-electron chi connectivity index (χ0n) is 25.3. The van der Waals surface area contributed by atoms with E-state index in [1.807, 2.05) is 0 Å². The van der Waals surface area contributed by atoms with Crippen LogP contribution >= 0.6 is 0 Å². The lowest BCUT2D eigenvalue weighted by molar-refractivity contribution is -0.329. The van der Waals surface area contributed by atoms with Gasteiger partial charge in [-0.25, -0.2) is 0 Å². The molecule has 13 heteroatoms. The Hall–Kier alpha value is -1.42. The Balaban J connectivity index is 1.37. The maximum absolute atomic E-state index is 13.1. The van der Waals surface area contributed by atoms with Gasteiger partial charge in [-0.05, 0) is 19.3 Å². The number of fused-ring (bicyclic) bond motifs is 2. The third kappa shape index (κ3) is 10.3. The van der Waals surface area contributed by atoms with Crippen molar-refractivity contribution in [3.63, 3.8) is 0 Å². The lowest BCUT2D eigenvalue weighted by atomic mass is 10.0. The van der Waals surface area contributed by atoms with Gasteiger partial charge in [-0.1, -0.05) is 71.6 Å². The van der Waals surface area contributed by atoms with E-state index in [0.717, 1.165) is 64.2 Å². The molecule has 4 rings (SSSR count). The van der Waals surface area contributed by atoms with Crippen molar-refractivity contribution in [3.05, 3.63) is 0 Å². The van der Waals surface area contributed by atoms with Gasteiger partial charge in [0.2, 0.25) is 0 Å². The van der Waals surface area contributed by atoms with E-state index < -0.39 is 85.9 Å². The molecule has 0 aliphatic carbocycles. The highest BCUT2D eigenvalue weighted by Crippen LogP contribution is 2.41. The van der Waals surface area contributed by atoms with Gasteiger partial charge in [-0.3, -0.25) is 9.59 Å². The highest BCUT2D eigenvalue weighted by molar-refractivity contribution is 5.72. The molecule has 4 aliphatic heterocycles. The number of ether oxygens (including phenoxy) is 7. The molecular formula is C30H50O13. The van der Waals surface area contributed by atoms with E-state index >= 15 is 0 Å². The highest BCUT2D eigenvalue weighted by atomic mass is 16.9. The van der Waals surface area contributed by atoms with E-state index in [-0.39, 0.29) is 12.8 Å². The molecule has 4 aliphatic rings. The SMILES string of the molecule is CCCCCCCC(CC(=O)O)OC(=O)CC(CCCCCCC)OC1OC2O[C@@H]2C(O)[C@@H]1O[C@@H]1OC2OC2[C@H](O)[C@@H]1O. The molecule has 13 nitrogen and oxygen atoms in total. The monoisotopic (exact) mass is 618 g/mol. The van der Waals surface area contributed by atoms with E-state index in [1.165, 1.54) is 0 Å². The standard InChI is InChI=1S/C30H50O13/c1-3-5-7-9-11-13-17(15-19(31)32)37-20(33)16-18(14-12-10-8-6-4-2)38-28-25(23(36)26-30(41-26)43-28)39-27-22(35)21(34)24-29(40-24)42-27/h17-18,21-30,34-36H,3-16H2,1-2H3,(H,31,32)/t17?,18?,21-,22+,23?,24?,25+,26-,27-,28?,29?,30?/m1/s1. The molecule has 4 saturated heterocycles. The molecule has 43 heavy (non-hydrogen) atoms. The Morgan fingerprint density at radius 2 is 1.23 bits per heavy atom. The number of rotatable bonds is 21. The number of carbonyl (C=O) groups is 2. The van der Waals surface area contributed by atoms with Crippen LogP contribution in [0, 0.1) is 0 Å². The van der Waals surface area contributed by atoms with Gasteiger partial charge in [0.05, 0.1) is 18.9 Å². The summed E-state index contributed by atoms with van der Waals surface area (Å²) in [5.41, 5.74) is 0. The molecular weight excluding hydrogens is 568 g/mol. The summed E-state index contributed by atoms with van der Waals surface area (Å²) in [6.07, 6.45) is -1.11. The zero-order valence-corrected chi connectivity index (χ0v) is 25.3. The number of esters is 1. The summed E-state index contributed by atoms with van der Waals surface area (Å²) in [6.45, 7) is 4.25. The van der Waals surface area contributed by atoms with Crippen molar-refractivity contribution in [2.24, 2.45) is 0 Å². The van der Waals surface area contributed by atoms with Crippen molar-refractivity contribution < 1.29 is 63.2 Å². The topological polar surface area (TPSA) is 186 Å². The summed E-state index contributed by atoms with van der Waals surface area (Å²) in [5, 5.41) is 41.0. The molecule has 4 N–H and O–H groups in total. The van der Waals surface area contributed by atoms with Gasteiger partial charge in [-0.2, -0.15) is 0 Å². The predicted octanol–water partition coefficient (Wildman–Crippen LogP) is 2.50. The van der Waals surface area contributed by atoms with Crippen molar-refractivity contribution in [3.8, 4) is 0 Å². The normalized spacial score (nSPS) is 35.8. The largest absolute Gasteiger partial charge is 0.481 e. The first kappa shape index (κ1) is 34.5. The summed E-state index contributed by atoms with van der Waals surface area (Å²) < 4.78 is 39.8. The average Bonchev–Trinajstić information content (AvgIpc) is 3.88. The highest BCUT2D eigenvalue weighted by Gasteiger charge is 2.61. The molecule has 12 atom stereocenters. The number of carbonyl (C=O) groups excluding carboxylic acids is 1. The summed E-state index contributed by atoms with van der Waals surface area (Å²) in [7, 11) is 0. The second-order valence-electron chi connectivity index (χ2n) is 12.1. The quantitative estimate of drug-likeness (QED) is 0.0836. The minimum Gasteiger partial charge on any atom is -0.481 e. The Labute approximate surface area is 253 Å². The molecule has 0 spiro atoms. The van der Waals surface area contributed by atoms with Crippen molar-refractivity contribution in [2.75, 3.05) is 0 Å². The van der Waals surface area contributed by atoms with Crippen LogP contribution in [0.25, 0.3) is 0 Å². The zero-order chi connectivity index (χ0) is 30.9. The smallest absolute Gasteiger partial charge is 0.308 e. The maximum Gasteiger partial charge on any atom is 0.308 e. The van der Waals surface area contributed by atoms with E-state index in [1.54, 1.807) is 0 Å². The van der Waals surface area contributed by atoms with Crippen LogP contribution in [0.3, 0.4) is 0 Å². The number of hydrogen-bond donors (Lipinski definition) is 4. The molecule has 0 amide bonds. The number of carboxylic acid groups (broad SMARTS) is 1. The maximum atomic E-state index is 13.1. The van der Waals surface area contributed by atoms with Gasteiger partial charge in [0.15, 0.2) is 25.2 Å². The molecule has 0 bridgehead atoms. The number of unbranched alkanes of at least 4 members (excludes halogenated alkanes) is 8. The Kier molecular flexibility index (Phi) is 13.4. The summed E-state index contributed by atoms with van der Waals surface area (Å²) >= 11 is 0. The molecule has 248 valence electrons. The van der Waals surface area contributed by atoms with Crippen molar-refractivity contribution in [1.82, 2.24) is 0 Å². The van der Waals surface area contributed by atoms with Crippen LogP contribution in [0.5, 0.6) is 0 Å². The van der Waals surface area contributed by atoms with Crippen molar-refractivity contribution >= 4 is 11.9 Å². The molecule has 4 fully saturated rings.